The van der Waals surface area contributed by atoms with E-state index in [1.54, 1.807) is 0 Å². The molecule has 0 radical (unpaired) electrons. The van der Waals surface area contributed by atoms with Crippen LogP contribution in [0, 0.1) is 0 Å². The van der Waals surface area contributed by atoms with Gasteiger partial charge >= 0.3 is 0 Å². The molecule has 0 spiro atoms. The lowest BCUT2D eigenvalue weighted by molar-refractivity contribution is -0.116. The van der Waals surface area contributed by atoms with Gasteiger partial charge in [0.25, 0.3) is 5.91 Å². The Morgan fingerprint density at radius 1 is 0.533 bits per heavy atom. The van der Waals surface area contributed by atoms with Crippen LogP contribution in [0.25, 0.3) is 23.8 Å². The monoisotopic (exact) mass is 609 g/mol. The van der Waals surface area contributed by atoms with Crippen LogP contribution in [0.2, 0.25) is 0 Å². The fourth-order valence-electron chi connectivity index (χ4n) is 7.75. The molecular formula is C38H51N5O2. The first-order chi connectivity index (χ1) is 21.8. The summed E-state index contributed by atoms with van der Waals surface area (Å²) in [6, 6.07) is 0. The zero-order chi connectivity index (χ0) is 32.4. The lowest BCUT2D eigenvalue weighted by Gasteiger charge is -2.10. The Hall–Kier alpha value is -3.97. The van der Waals surface area contributed by atoms with Gasteiger partial charge in [0.05, 0.1) is 16.6 Å². The third-order valence-electron chi connectivity index (χ3n) is 9.73. The average molecular weight is 610 g/mol. The van der Waals surface area contributed by atoms with Gasteiger partial charge in [0, 0.05) is 33.1 Å². The highest BCUT2D eigenvalue weighted by Gasteiger charge is 2.25. The van der Waals surface area contributed by atoms with Gasteiger partial charge in [-0.25, -0.2) is 0 Å². The van der Waals surface area contributed by atoms with E-state index in [2.05, 4.69) is 98.9 Å². The van der Waals surface area contributed by atoms with Crippen LogP contribution in [-0.2, 0) is 56.2 Å². The first kappa shape index (κ1) is 32.4. The third-order valence-corrected chi connectivity index (χ3v) is 9.73. The molecule has 0 atom stereocenters. The summed E-state index contributed by atoms with van der Waals surface area (Å²) in [6.45, 7) is 17.2. The van der Waals surface area contributed by atoms with Crippen molar-refractivity contribution in [3.63, 3.8) is 0 Å². The molecule has 6 N–H and O–H groups in total. The molecule has 1 amide bonds. The van der Waals surface area contributed by atoms with Crippen LogP contribution in [0.1, 0.15) is 123 Å². The molecule has 7 heteroatoms. The fourth-order valence-corrected chi connectivity index (χ4v) is 7.75. The van der Waals surface area contributed by atoms with E-state index in [1.807, 2.05) is 0 Å². The Morgan fingerprint density at radius 2 is 0.933 bits per heavy atom. The Labute approximate surface area is 266 Å². The largest absolute Gasteiger partial charge is 0.376 e. The summed E-state index contributed by atoms with van der Waals surface area (Å²) < 4.78 is 0. The molecule has 4 aromatic rings. The predicted octanol–water partition coefficient (Wildman–Crippen LogP) is 3.56. The van der Waals surface area contributed by atoms with E-state index >= 15 is 0 Å². The summed E-state index contributed by atoms with van der Waals surface area (Å²) in [5, 5.41) is 16.7. The maximum Gasteiger partial charge on any atom is 0.257 e. The Balaban J connectivity index is 2.09. The van der Waals surface area contributed by atoms with Gasteiger partial charge in [0.15, 0.2) is 0 Å². The molecule has 0 aromatic carbocycles. The number of aliphatic hydroxyl groups excluding tert-OH is 1. The molecule has 7 nitrogen and oxygen atoms in total. The summed E-state index contributed by atoms with van der Waals surface area (Å²) in [6.07, 6.45) is 13.7. The van der Waals surface area contributed by atoms with Crippen LogP contribution in [-0.4, -0.2) is 37.7 Å². The second-order valence-corrected chi connectivity index (χ2v) is 11.9. The summed E-state index contributed by atoms with van der Waals surface area (Å²) in [5.74, 6) is -0.294. The van der Waals surface area contributed by atoms with Crippen LogP contribution in [0.5, 0.6) is 0 Å². The highest BCUT2D eigenvalue weighted by molar-refractivity contribution is 6.19. The van der Waals surface area contributed by atoms with Gasteiger partial charge < -0.3 is 30.4 Å². The van der Waals surface area contributed by atoms with E-state index < -0.39 is 6.73 Å². The maximum absolute atomic E-state index is 14.0. The second-order valence-electron chi connectivity index (χ2n) is 11.9. The Kier molecular flexibility index (Phi) is 9.78. The molecule has 5 heterocycles. The summed E-state index contributed by atoms with van der Waals surface area (Å²) >= 11 is 0. The van der Waals surface area contributed by atoms with E-state index in [9.17, 15) is 9.90 Å². The maximum atomic E-state index is 14.0. The zero-order valence-electron chi connectivity index (χ0n) is 28.5. The number of nitrogens with one attached hydrogen (secondary N) is 5. The number of H-pyrrole nitrogens is 4. The van der Waals surface area contributed by atoms with Crippen LogP contribution < -0.4 is 26.7 Å². The van der Waals surface area contributed by atoms with Gasteiger partial charge in [0.2, 0.25) is 0 Å². The number of carbonyl (C=O) groups is 1. The first-order valence-corrected chi connectivity index (χ1v) is 17.1. The molecular weight excluding hydrogens is 558 g/mol. The normalized spacial score (nSPS) is 12.6. The summed E-state index contributed by atoms with van der Waals surface area (Å²) in [5.41, 5.74) is 14.7. The molecule has 240 valence electrons. The third kappa shape index (κ3) is 5.45. The average Bonchev–Trinajstić information content (AvgIpc) is 3.76. The quantitative estimate of drug-likeness (QED) is 0.155. The van der Waals surface area contributed by atoms with Crippen LogP contribution in [0.3, 0.4) is 0 Å². The van der Waals surface area contributed by atoms with Crippen molar-refractivity contribution in [1.82, 2.24) is 25.3 Å². The van der Waals surface area contributed by atoms with E-state index in [4.69, 9.17) is 0 Å². The minimum atomic E-state index is -0.432. The van der Waals surface area contributed by atoms with Crippen molar-refractivity contribution in [3.05, 3.63) is 88.7 Å². The smallest absolute Gasteiger partial charge is 0.257 e. The van der Waals surface area contributed by atoms with Crippen molar-refractivity contribution in [1.29, 1.82) is 0 Å². The molecule has 0 saturated heterocycles. The predicted molar refractivity (Wildman–Crippen MR) is 185 cm³/mol. The van der Waals surface area contributed by atoms with E-state index in [1.165, 1.54) is 33.4 Å². The standard InChI is InChI=1S/C38H51N5O2/c1-9-21-23(11-3)31-18-33-25(13-5)27(15-7)36(42-33)35(38(45)39-20-44)37-28(16-8)26(14-6)34(43-37)19-32-24(12-4)22(10-2)30(41-32)17-29(21)40-31/h17-19,40-44H,9-16,20H2,1-8H3,(H,39,45). The number of aromatic nitrogens is 4. The van der Waals surface area contributed by atoms with Crippen molar-refractivity contribution in [2.45, 2.75) is 107 Å². The minimum Gasteiger partial charge on any atom is -0.376 e. The molecule has 1 aliphatic rings. The summed E-state index contributed by atoms with van der Waals surface area (Å²) in [7, 11) is 0. The molecule has 0 saturated carbocycles. The minimum absolute atomic E-state index is 0.294. The molecule has 4 aromatic heterocycles. The van der Waals surface area contributed by atoms with Crippen molar-refractivity contribution >= 4 is 29.7 Å². The summed E-state index contributed by atoms with van der Waals surface area (Å²) in [4.78, 5) is 29.1. The molecule has 0 aliphatic carbocycles. The van der Waals surface area contributed by atoms with E-state index in [-0.39, 0.29) is 5.91 Å². The number of rotatable bonds is 10. The van der Waals surface area contributed by atoms with Crippen molar-refractivity contribution in [2.24, 2.45) is 0 Å². The van der Waals surface area contributed by atoms with Crippen LogP contribution >= 0.6 is 0 Å². The van der Waals surface area contributed by atoms with E-state index in [0.717, 1.165) is 107 Å². The lowest BCUT2D eigenvalue weighted by Crippen LogP contribution is -2.32. The Morgan fingerprint density at radius 3 is 1.38 bits per heavy atom. The van der Waals surface area contributed by atoms with Gasteiger partial charge in [-0.05, 0) is 114 Å². The van der Waals surface area contributed by atoms with Gasteiger partial charge in [-0.3, -0.25) is 4.79 Å². The van der Waals surface area contributed by atoms with Gasteiger partial charge in [-0.15, -0.1) is 0 Å². The highest BCUT2D eigenvalue weighted by Crippen LogP contribution is 2.27. The highest BCUT2D eigenvalue weighted by atomic mass is 16.3. The number of amides is 1. The SMILES string of the molecule is CCc1c2[nH]c(c1CC)C=c1[nH]c(c(CC)c1CC)=C(C(=O)NCO)c1[nH]c(c(CC)c1CC)C=c1[nH]c(c(CC)c1CC)=C2. The molecule has 5 rings (SSSR count). The van der Waals surface area contributed by atoms with Crippen molar-refractivity contribution in [2.75, 3.05) is 6.73 Å². The topological polar surface area (TPSA) is 112 Å². The number of aromatic amines is 4. The molecule has 1 aliphatic heterocycles. The van der Waals surface area contributed by atoms with Crippen molar-refractivity contribution < 1.29 is 9.90 Å². The van der Waals surface area contributed by atoms with Crippen LogP contribution in [0.15, 0.2) is 0 Å². The molecule has 0 fully saturated rings. The van der Waals surface area contributed by atoms with Crippen LogP contribution in [0.4, 0.5) is 0 Å². The zero-order valence-corrected chi connectivity index (χ0v) is 28.5. The molecule has 0 unspecified atom stereocenters. The van der Waals surface area contributed by atoms with E-state index in [0.29, 0.717) is 5.57 Å². The number of aliphatic hydroxyl groups is 1. The fraction of sp³-hybridized carbons (Fsp3) is 0.447. The molecule has 8 bridgehead atoms. The van der Waals surface area contributed by atoms with Crippen molar-refractivity contribution in [3.8, 4) is 0 Å². The number of carbonyl (C=O) groups excluding carboxylic acids is 1. The molecule has 45 heavy (non-hydrogen) atoms. The number of hydrogen-bond acceptors (Lipinski definition) is 2. The number of hydrogen-bond donors (Lipinski definition) is 6. The lowest BCUT2D eigenvalue weighted by atomic mass is 9.97. The number of fused-ring (bicyclic) bond motifs is 8. The van der Waals surface area contributed by atoms with Gasteiger partial charge in [0.1, 0.15) is 6.73 Å². The van der Waals surface area contributed by atoms with Gasteiger partial charge in [-0.1, -0.05) is 55.4 Å². The Bertz CT molecular complexity index is 1980. The second kappa shape index (κ2) is 13.6. The van der Waals surface area contributed by atoms with Gasteiger partial charge in [-0.2, -0.15) is 0 Å². The first-order valence-electron chi connectivity index (χ1n) is 17.1.